The highest BCUT2D eigenvalue weighted by Crippen LogP contribution is 2.30. The van der Waals surface area contributed by atoms with Crippen molar-refractivity contribution in [2.45, 2.75) is 32.3 Å². The van der Waals surface area contributed by atoms with E-state index in [4.69, 9.17) is 14.0 Å². The fourth-order valence-electron chi connectivity index (χ4n) is 2.96. The first-order chi connectivity index (χ1) is 11.9. The second-order valence-electron chi connectivity index (χ2n) is 6.64. The number of aromatic nitrogens is 2. The van der Waals surface area contributed by atoms with Gasteiger partial charge in [0.1, 0.15) is 11.9 Å². The molecule has 1 aliphatic rings. The molecule has 7 nitrogen and oxygen atoms in total. The van der Waals surface area contributed by atoms with E-state index in [0.717, 1.165) is 11.3 Å². The standard InChI is InChI=1S/C18H23N3O4/c1-12-19-16(20-25-12)15-11-21(9-10-24-15)17(22)18(2,3)13-5-7-14(23-4)8-6-13/h5-8,15H,9-11H2,1-4H3/t15-/m0/s1. The predicted molar refractivity (Wildman–Crippen MR) is 90.3 cm³/mol. The number of methoxy groups -OCH3 is 1. The molecule has 0 bridgehead atoms. The molecule has 2 aromatic rings. The van der Waals surface area contributed by atoms with Crippen LogP contribution in [0.25, 0.3) is 0 Å². The van der Waals surface area contributed by atoms with Crippen molar-refractivity contribution in [3.8, 4) is 5.75 Å². The lowest BCUT2D eigenvalue weighted by Gasteiger charge is -2.37. The number of benzene rings is 1. The number of nitrogens with zero attached hydrogens (tertiary/aromatic N) is 3. The highest BCUT2D eigenvalue weighted by atomic mass is 16.5. The number of morpholine rings is 1. The van der Waals surface area contributed by atoms with Gasteiger partial charge in [-0.2, -0.15) is 4.98 Å². The molecule has 25 heavy (non-hydrogen) atoms. The van der Waals surface area contributed by atoms with Gasteiger partial charge in [0.2, 0.25) is 17.6 Å². The second-order valence-corrected chi connectivity index (χ2v) is 6.64. The average molecular weight is 345 g/mol. The predicted octanol–water partition coefficient (Wildman–Crippen LogP) is 2.26. The second kappa shape index (κ2) is 6.84. The fraction of sp³-hybridized carbons (Fsp3) is 0.500. The van der Waals surface area contributed by atoms with Crippen molar-refractivity contribution < 1.29 is 18.8 Å². The first-order valence-corrected chi connectivity index (χ1v) is 8.27. The van der Waals surface area contributed by atoms with Gasteiger partial charge in [-0.05, 0) is 31.5 Å². The van der Waals surface area contributed by atoms with Crippen LogP contribution in [0.4, 0.5) is 0 Å². The lowest BCUT2D eigenvalue weighted by molar-refractivity contribution is -0.144. The maximum absolute atomic E-state index is 13.1. The SMILES string of the molecule is COc1ccc(C(C)(C)C(=O)N2CCO[C@H](c3noc(C)n3)C2)cc1. The Morgan fingerprint density at radius 3 is 2.64 bits per heavy atom. The van der Waals surface area contributed by atoms with Crippen LogP contribution in [-0.4, -0.2) is 47.8 Å². The van der Waals surface area contributed by atoms with E-state index < -0.39 is 5.41 Å². The number of hydrogen-bond donors (Lipinski definition) is 0. The molecule has 0 unspecified atom stereocenters. The van der Waals surface area contributed by atoms with Gasteiger partial charge in [0.05, 0.1) is 25.7 Å². The van der Waals surface area contributed by atoms with Crippen molar-refractivity contribution in [1.82, 2.24) is 15.0 Å². The van der Waals surface area contributed by atoms with Crippen molar-refractivity contribution >= 4 is 5.91 Å². The Labute approximate surface area is 146 Å². The third kappa shape index (κ3) is 3.51. The van der Waals surface area contributed by atoms with Gasteiger partial charge < -0.3 is 18.9 Å². The molecule has 2 heterocycles. The van der Waals surface area contributed by atoms with Crippen LogP contribution in [0.2, 0.25) is 0 Å². The Balaban J connectivity index is 1.76. The Kier molecular flexibility index (Phi) is 4.76. The summed E-state index contributed by atoms with van der Waals surface area (Å²) in [5, 5.41) is 3.91. The third-order valence-electron chi connectivity index (χ3n) is 4.53. The van der Waals surface area contributed by atoms with Crippen molar-refractivity contribution in [3.05, 3.63) is 41.5 Å². The molecule has 1 aromatic heterocycles. The molecule has 1 aromatic carbocycles. The minimum absolute atomic E-state index is 0.0474. The summed E-state index contributed by atoms with van der Waals surface area (Å²) in [4.78, 5) is 19.2. The largest absolute Gasteiger partial charge is 0.497 e. The smallest absolute Gasteiger partial charge is 0.232 e. The Hall–Kier alpha value is -2.41. The first-order valence-electron chi connectivity index (χ1n) is 8.27. The van der Waals surface area contributed by atoms with E-state index in [-0.39, 0.29) is 12.0 Å². The summed E-state index contributed by atoms with van der Waals surface area (Å²) >= 11 is 0. The minimum atomic E-state index is -0.651. The molecule has 1 fully saturated rings. The Morgan fingerprint density at radius 2 is 2.04 bits per heavy atom. The van der Waals surface area contributed by atoms with Crippen LogP contribution in [0, 0.1) is 6.92 Å². The molecule has 0 N–H and O–H groups in total. The zero-order valence-corrected chi connectivity index (χ0v) is 15.0. The molecule has 3 rings (SSSR count). The molecule has 0 saturated carbocycles. The minimum Gasteiger partial charge on any atom is -0.497 e. The van der Waals surface area contributed by atoms with E-state index >= 15 is 0 Å². The maximum atomic E-state index is 13.1. The van der Waals surface area contributed by atoms with Gasteiger partial charge in [0.15, 0.2) is 0 Å². The monoisotopic (exact) mass is 345 g/mol. The van der Waals surface area contributed by atoms with E-state index in [9.17, 15) is 4.79 Å². The lowest BCUT2D eigenvalue weighted by Crippen LogP contribution is -2.49. The van der Waals surface area contributed by atoms with Gasteiger partial charge in [-0.1, -0.05) is 17.3 Å². The van der Waals surface area contributed by atoms with E-state index in [0.29, 0.717) is 31.4 Å². The molecule has 1 saturated heterocycles. The highest BCUT2D eigenvalue weighted by molar-refractivity contribution is 5.87. The molecular weight excluding hydrogens is 322 g/mol. The number of amides is 1. The van der Waals surface area contributed by atoms with E-state index in [1.165, 1.54) is 0 Å². The van der Waals surface area contributed by atoms with Crippen LogP contribution in [-0.2, 0) is 14.9 Å². The molecule has 1 amide bonds. The number of carbonyl (C=O) groups is 1. The summed E-state index contributed by atoms with van der Waals surface area (Å²) in [7, 11) is 1.62. The van der Waals surface area contributed by atoms with Crippen molar-refractivity contribution in [3.63, 3.8) is 0 Å². The number of ether oxygens (including phenoxy) is 2. The lowest BCUT2D eigenvalue weighted by atomic mass is 9.83. The maximum Gasteiger partial charge on any atom is 0.232 e. The topological polar surface area (TPSA) is 77.7 Å². The molecular formula is C18H23N3O4. The summed E-state index contributed by atoms with van der Waals surface area (Å²) in [5.74, 6) is 1.79. The van der Waals surface area contributed by atoms with Gasteiger partial charge in [0.25, 0.3) is 0 Å². The van der Waals surface area contributed by atoms with E-state index in [1.54, 1.807) is 14.0 Å². The zero-order valence-electron chi connectivity index (χ0n) is 15.0. The molecule has 0 spiro atoms. The van der Waals surface area contributed by atoms with Crippen molar-refractivity contribution in [2.75, 3.05) is 26.8 Å². The number of carbonyl (C=O) groups excluding carboxylic acids is 1. The van der Waals surface area contributed by atoms with E-state index in [2.05, 4.69) is 10.1 Å². The Morgan fingerprint density at radius 1 is 1.32 bits per heavy atom. The van der Waals surface area contributed by atoms with Crippen LogP contribution < -0.4 is 4.74 Å². The Bertz CT molecular complexity index is 739. The summed E-state index contributed by atoms with van der Waals surface area (Å²) in [6.07, 6.45) is -0.359. The van der Waals surface area contributed by atoms with Gasteiger partial charge in [-0.15, -0.1) is 0 Å². The van der Waals surface area contributed by atoms with Gasteiger partial charge >= 0.3 is 0 Å². The quantitative estimate of drug-likeness (QED) is 0.846. The summed E-state index contributed by atoms with van der Waals surface area (Å²) < 4.78 is 15.9. The number of aryl methyl sites for hydroxylation is 1. The molecule has 0 radical (unpaired) electrons. The average Bonchev–Trinajstić information content (AvgIpc) is 3.07. The van der Waals surface area contributed by atoms with Crippen LogP contribution >= 0.6 is 0 Å². The molecule has 1 aliphatic heterocycles. The summed E-state index contributed by atoms with van der Waals surface area (Å²) in [6.45, 7) is 7.00. The molecule has 1 atom stereocenters. The summed E-state index contributed by atoms with van der Waals surface area (Å²) in [5.41, 5.74) is 0.290. The van der Waals surface area contributed by atoms with Crippen molar-refractivity contribution in [1.29, 1.82) is 0 Å². The van der Waals surface area contributed by atoms with Gasteiger partial charge in [-0.3, -0.25) is 4.79 Å². The number of hydrogen-bond acceptors (Lipinski definition) is 6. The van der Waals surface area contributed by atoms with Gasteiger partial charge in [-0.25, -0.2) is 0 Å². The van der Waals surface area contributed by atoms with Crippen LogP contribution in [0.1, 0.15) is 37.2 Å². The highest BCUT2D eigenvalue weighted by Gasteiger charge is 2.37. The van der Waals surface area contributed by atoms with Gasteiger partial charge in [0, 0.05) is 13.5 Å². The first kappa shape index (κ1) is 17.4. The van der Waals surface area contributed by atoms with Crippen LogP contribution in [0.5, 0.6) is 5.75 Å². The molecule has 0 aliphatic carbocycles. The van der Waals surface area contributed by atoms with Crippen LogP contribution in [0.15, 0.2) is 28.8 Å². The number of rotatable bonds is 4. The summed E-state index contributed by atoms with van der Waals surface area (Å²) in [6, 6.07) is 7.59. The third-order valence-corrected chi connectivity index (χ3v) is 4.53. The normalized spacial score (nSPS) is 18.2. The van der Waals surface area contributed by atoms with Crippen LogP contribution in [0.3, 0.4) is 0 Å². The molecule has 134 valence electrons. The zero-order chi connectivity index (χ0) is 18.0. The van der Waals surface area contributed by atoms with E-state index in [1.807, 2.05) is 43.0 Å². The fourth-order valence-corrected chi connectivity index (χ4v) is 2.96. The molecule has 7 heteroatoms. The van der Waals surface area contributed by atoms with Crippen molar-refractivity contribution in [2.24, 2.45) is 0 Å².